The van der Waals surface area contributed by atoms with Crippen molar-refractivity contribution in [1.29, 1.82) is 0 Å². The average molecular weight is 301 g/mol. The van der Waals surface area contributed by atoms with Crippen LogP contribution in [0.4, 0.5) is 11.4 Å². The van der Waals surface area contributed by atoms with E-state index in [9.17, 15) is 0 Å². The van der Waals surface area contributed by atoms with Gasteiger partial charge in [0.2, 0.25) is 0 Å². The van der Waals surface area contributed by atoms with Crippen molar-refractivity contribution >= 4 is 28.1 Å². The molecule has 0 atom stereocenters. The van der Waals surface area contributed by atoms with E-state index in [1.807, 2.05) is 30.3 Å². The van der Waals surface area contributed by atoms with Gasteiger partial charge in [0.05, 0.1) is 5.69 Å². The Morgan fingerprint density at radius 1 is 0.913 bits per heavy atom. The molecule has 0 unspecified atom stereocenters. The molecule has 0 bridgehead atoms. The van der Waals surface area contributed by atoms with Crippen LogP contribution in [-0.4, -0.2) is 5.96 Å². The molecule has 3 aromatic carbocycles. The third-order valence-corrected chi connectivity index (χ3v) is 4.41. The van der Waals surface area contributed by atoms with Crippen molar-refractivity contribution in [2.45, 2.75) is 19.3 Å². The topological polar surface area (TPSA) is 50.4 Å². The lowest BCUT2D eigenvalue weighted by Gasteiger charge is -2.10. The fourth-order valence-electron chi connectivity index (χ4n) is 3.33. The quantitative estimate of drug-likeness (QED) is 0.545. The van der Waals surface area contributed by atoms with Gasteiger partial charge in [-0.25, -0.2) is 4.99 Å². The number of nitrogens with one attached hydrogen (secondary N) is 1. The van der Waals surface area contributed by atoms with Crippen molar-refractivity contribution in [3.63, 3.8) is 0 Å². The second-order valence-corrected chi connectivity index (χ2v) is 5.92. The summed E-state index contributed by atoms with van der Waals surface area (Å²) < 4.78 is 0. The Kier molecular flexibility index (Phi) is 3.46. The van der Waals surface area contributed by atoms with Crippen molar-refractivity contribution < 1.29 is 0 Å². The van der Waals surface area contributed by atoms with E-state index in [0.29, 0.717) is 5.96 Å². The number of hydrogen-bond donors (Lipinski definition) is 2. The first kappa shape index (κ1) is 13.8. The highest BCUT2D eigenvalue weighted by molar-refractivity contribution is 6.03. The van der Waals surface area contributed by atoms with Crippen LogP contribution in [0.2, 0.25) is 0 Å². The molecule has 3 nitrogen and oxygen atoms in total. The summed E-state index contributed by atoms with van der Waals surface area (Å²) in [4.78, 5) is 4.62. The second kappa shape index (κ2) is 5.76. The minimum absolute atomic E-state index is 0.432. The predicted octanol–water partition coefficient (Wildman–Crippen LogP) is 4.39. The predicted molar refractivity (Wildman–Crippen MR) is 97.3 cm³/mol. The van der Waals surface area contributed by atoms with Gasteiger partial charge in [-0.2, -0.15) is 0 Å². The van der Waals surface area contributed by atoms with E-state index in [1.54, 1.807) is 0 Å². The summed E-state index contributed by atoms with van der Waals surface area (Å²) in [5.74, 6) is 0.432. The van der Waals surface area contributed by atoms with Crippen molar-refractivity contribution in [2.75, 3.05) is 5.32 Å². The van der Waals surface area contributed by atoms with Gasteiger partial charge < -0.3 is 11.1 Å². The highest BCUT2D eigenvalue weighted by Crippen LogP contribution is 2.31. The van der Waals surface area contributed by atoms with E-state index < -0.39 is 0 Å². The monoisotopic (exact) mass is 301 g/mol. The number of guanidine groups is 1. The van der Waals surface area contributed by atoms with E-state index in [2.05, 4.69) is 40.6 Å². The van der Waals surface area contributed by atoms with Crippen LogP contribution in [0.1, 0.15) is 17.5 Å². The molecular formula is C20H19N3. The smallest absolute Gasteiger partial charge is 0.198 e. The first-order valence-corrected chi connectivity index (χ1v) is 8.01. The van der Waals surface area contributed by atoms with Gasteiger partial charge in [0.25, 0.3) is 0 Å². The molecule has 0 aliphatic heterocycles. The van der Waals surface area contributed by atoms with Crippen molar-refractivity contribution in [2.24, 2.45) is 10.7 Å². The van der Waals surface area contributed by atoms with Gasteiger partial charge in [0.1, 0.15) is 0 Å². The normalized spacial score (nSPS) is 14.0. The van der Waals surface area contributed by atoms with Gasteiger partial charge in [-0.3, -0.25) is 0 Å². The van der Waals surface area contributed by atoms with Gasteiger partial charge in [0, 0.05) is 11.1 Å². The van der Waals surface area contributed by atoms with Crippen LogP contribution < -0.4 is 11.1 Å². The maximum atomic E-state index is 6.16. The number of rotatable bonds is 2. The maximum absolute atomic E-state index is 6.16. The molecule has 23 heavy (non-hydrogen) atoms. The number of hydrogen-bond acceptors (Lipinski definition) is 1. The van der Waals surface area contributed by atoms with E-state index >= 15 is 0 Å². The fourth-order valence-corrected chi connectivity index (χ4v) is 3.33. The SMILES string of the molecule is NC(=Nc1cccc2c1CCC2)Nc1cccc2ccccc12. The first-order valence-electron chi connectivity index (χ1n) is 8.01. The molecule has 0 radical (unpaired) electrons. The van der Waals surface area contributed by atoms with Gasteiger partial charge in [0.15, 0.2) is 5.96 Å². The number of nitrogens with zero attached hydrogens (tertiary/aromatic N) is 1. The Labute approximate surface area is 135 Å². The third-order valence-electron chi connectivity index (χ3n) is 4.41. The summed E-state index contributed by atoms with van der Waals surface area (Å²) in [5.41, 5.74) is 10.9. The summed E-state index contributed by atoms with van der Waals surface area (Å²) in [7, 11) is 0. The summed E-state index contributed by atoms with van der Waals surface area (Å²) in [6.45, 7) is 0. The number of aryl methyl sites for hydroxylation is 1. The fraction of sp³-hybridized carbons (Fsp3) is 0.150. The zero-order valence-electron chi connectivity index (χ0n) is 12.9. The molecular weight excluding hydrogens is 282 g/mol. The summed E-state index contributed by atoms with van der Waals surface area (Å²) in [6, 6.07) is 20.7. The maximum Gasteiger partial charge on any atom is 0.198 e. The molecule has 0 saturated heterocycles. The Morgan fingerprint density at radius 3 is 2.70 bits per heavy atom. The molecule has 114 valence electrons. The Hall–Kier alpha value is -2.81. The van der Waals surface area contributed by atoms with E-state index in [1.165, 1.54) is 22.9 Å². The minimum Gasteiger partial charge on any atom is -0.369 e. The van der Waals surface area contributed by atoms with Crippen LogP contribution in [0.5, 0.6) is 0 Å². The van der Waals surface area contributed by atoms with Crippen LogP contribution in [-0.2, 0) is 12.8 Å². The Morgan fingerprint density at radius 2 is 1.74 bits per heavy atom. The standard InChI is InChI=1S/C20H19N3/c21-20(23-19-13-5-9-15-7-3-11-17(15)19)22-18-12-4-8-14-6-1-2-10-16(14)18/h1-2,4-6,8-10,12-13H,3,7,11H2,(H3,21,22,23). The summed E-state index contributed by atoms with van der Waals surface area (Å²) in [6.07, 6.45) is 3.45. The molecule has 3 aromatic rings. The summed E-state index contributed by atoms with van der Waals surface area (Å²) >= 11 is 0. The molecule has 3 heteroatoms. The molecule has 1 aliphatic carbocycles. The Balaban J connectivity index is 1.67. The van der Waals surface area contributed by atoms with E-state index in [4.69, 9.17) is 5.73 Å². The molecule has 0 heterocycles. The minimum atomic E-state index is 0.432. The van der Waals surface area contributed by atoms with Crippen molar-refractivity contribution in [1.82, 2.24) is 0 Å². The number of aliphatic imine (C=N–C) groups is 1. The third kappa shape index (κ3) is 2.66. The second-order valence-electron chi connectivity index (χ2n) is 5.92. The number of benzene rings is 3. The van der Waals surface area contributed by atoms with E-state index in [-0.39, 0.29) is 0 Å². The largest absolute Gasteiger partial charge is 0.369 e. The zero-order valence-corrected chi connectivity index (χ0v) is 12.9. The lowest BCUT2D eigenvalue weighted by atomic mass is 10.1. The van der Waals surface area contributed by atoms with Crippen LogP contribution in [0, 0.1) is 0 Å². The van der Waals surface area contributed by atoms with E-state index in [0.717, 1.165) is 29.6 Å². The molecule has 1 aliphatic rings. The molecule has 4 rings (SSSR count). The first-order chi connectivity index (χ1) is 11.3. The van der Waals surface area contributed by atoms with Crippen LogP contribution >= 0.6 is 0 Å². The number of nitrogens with two attached hydrogens (primary N) is 1. The van der Waals surface area contributed by atoms with Crippen LogP contribution in [0.3, 0.4) is 0 Å². The molecule has 0 amide bonds. The lowest BCUT2D eigenvalue weighted by Crippen LogP contribution is -2.22. The number of anilines is 1. The average Bonchev–Trinajstić information content (AvgIpc) is 3.05. The van der Waals surface area contributed by atoms with Crippen molar-refractivity contribution in [3.8, 4) is 0 Å². The molecule has 0 saturated carbocycles. The number of fused-ring (bicyclic) bond motifs is 2. The van der Waals surface area contributed by atoms with Gasteiger partial charge in [-0.1, -0.05) is 48.5 Å². The molecule has 0 spiro atoms. The van der Waals surface area contributed by atoms with Crippen LogP contribution in [0.15, 0.2) is 65.7 Å². The molecule has 0 aromatic heterocycles. The van der Waals surface area contributed by atoms with Crippen LogP contribution in [0.25, 0.3) is 10.8 Å². The van der Waals surface area contributed by atoms with Gasteiger partial charge >= 0.3 is 0 Å². The highest BCUT2D eigenvalue weighted by Gasteiger charge is 2.14. The van der Waals surface area contributed by atoms with Crippen molar-refractivity contribution in [3.05, 3.63) is 71.8 Å². The highest BCUT2D eigenvalue weighted by atomic mass is 15.1. The lowest BCUT2D eigenvalue weighted by molar-refractivity contribution is 0.911. The van der Waals surface area contributed by atoms with Gasteiger partial charge in [-0.05, 0) is 47.9 Å². The molecule has 0 fully saturated rings. The van der Waals surface area contributed by atoms with Gasteiger partial charge in [-0.15, -0.1) is 0 Å². The molecule has 3 N–H and O–H groups in total. The zero-order chi connectivity index (χ0) is 15.6. The Bertz CT molecular complexity index is 891. The summed E-state index contributed by atoms with van der Waals surface area (Å²) in [5, 5.41) is 5.58.